The second kappa shape index (κ2) is 10.9. The van der Waals surface area contributed by atoms with Crippen LogP contribution in [0.15, 0.2) is 11.1 Å². The Hall–Kier alpha value is 0.755. The van der Waals surface area contributed by atoms with Crippen molar-refractivity contribution in [2.45, 2.75) is 27.7 Å². The molecule has 0 saturated carbocycles. The molecule has 0 aromatic rings. The fraction of sp³-hybridized carbons (Fsp3) is 0.667. The number of hydrogen-bond donors (Lipinski definition) is 0. The summed E-state index contributed by atoms with van der Waals surface area (Å²) in [5, 5.41) is 11.4. The molecule has 0 aliphatic carbocycles. The summed E-state index contributed by atoms with van der Waals surface area (Å²) in [5.41, 5.74) is 0. The topological polar surface area (TPSA) is 58.6 Å². The number of hydrogen-bond acceptors (Lipinski definition) is 4. The fourth-order valence-corrected chi connectivity index (χ4v) is 2.46. The molecule has 0 radical (unpaired) electrons. The quantitative estimate of drug-likeness (QED) is 0.204. The summed E-state index contributed by atoms with van der Waals surface area (Å²) < 4.78 is 22.0. The Bertz CT molecular complexity index is 246. The van der Waals surface area contributed by atoms with E-state index in [1.165, 1.54) is 13.3 Å². The van der Waals surface area contributed by atoms with Crippen molar-refractivity contribution in [3.8, 4) is 0 Å². The Morgan fingerprint density at radius 3 is 1.88 bits per heavy atom. The summed E-state index contributed by atoms with van der Waals surface area (Å²) in [6, 6.07) is 0. The van der Waals surface area contributed by atoms with E-state index in [-0.39, 0.29) is 62.0 Å². The van der Waals surface area contributed by atoms with E-state index in [2.05, 4.69) is 0 Å². The first-order chi connectivity index (χ1) is 6.51. The van der Waals surface area contributed by atoms with E-state index < -0.39 is 7.60 Å². The van der Waals surface area contributed by atoms with Crippen molar-refractivity contribution in [3.63, 3.8) is 0 Å². The molecule has 0 heterocycles. The SMILES string of the molecule is C[CH-]/C([O-])=C(\C)P(=O)(OCC)OCC.[Li+].[Li+]. The van der Waals surface area contributed by atoms with Gasteiger partial charge in [-0.15, -0.1) is 19.2 Å². The average molecular weight is 234 g/mol. The third-order valence-corrected chi connectivity index (χ3v) is 3.87. The van der Waals surface area contributed by atoms with Gasteiger partial charge in [0.25, 0.3) is 7.60 Å². The molecule has 0 aromatic carbocycles. The van der Waals surface area contributed by atoms with Crippen LogP contribution >= 0.6 is 7.60 Å². The molecular formula is C9H17Li2O4P. The van der Waals surface area contributed by atoms with E-state index in [0.29, 0.717) is 0 Å². The predicted octanol–water partition coefficient (Wildman–Crippen LogP) is -3.92. The van der Waals surface area contributed by atoms with Crippen molar-refractivity contribution < 1.29 is 56.4 Å². The van der Waals surface area contributed by atoms with Gasteiger partial charge in [0, 0.05) is 0 Å². The van der Waals surface area contributed by atoms with Crippen LogP contribution in [0.3, 0.4) is 0 Å². The normalized spacial score (nSPS) is 12.0. The Morgan fingerprint density at radius 1 is 1.25 bits per heavy atom. The van der Waals surface area contributed by atoms with Gasteiger partial charge in [-0.05, 0) is 13.8 Å². The summed E-state index contributed by atoms with van der Waals surface area (Å²) in [6.07, 6.45) is 1.35. The third kappa shape index (κ3) is 6.48. The van der Waals surface area contributed by atoms with Gasteiger partial charge in [-0.3, -0.25) is 10.3 Å². The molecule has 0 unspecified atom stereocenters. The monoisotopic (exact) mass is 234 g/mol. The predicted molar refractivity (Wildman–Crippen MR) is 53.5 cm³/mol. The van der Waals surface area contributed by atoms with Gasteiger partial charge in [-0.25, -0.2) is 6.42 Å². The molecule has 0 amide bonds. The van der Waals surface area contributed by atoms with Gasteiger partial charge in [0.2, 0.25) is 0 Å². The molecule has 0 fully saturated rings. The zero-order valence-corrected chi connectivity index (χ0v) is 12.0. The van der Waals surface area contributed by atoms with Crippen molar-refractivity contribution in [1.82, 2.24) is 0 Å². The fourth-order valence-electron chi connectivity index (χ4n) is 0.915. The molecule has 84 valence electrons. The van der Waals surface area contributed by atoms with Crippen LogP contribution in [-0.4, -0.2) is 13.2 Å². The van der Waals surface area contributed by atoms with Crippen LogP contribution in [0.25, 0.3) is 0 Å². The van der Waals surface area contributed by atoms with Crippen LogP contribution in [0.4, 0.5) is 0 Å². The third-order valence-electron chi connectivity index (χ3n) is 1.63. The molecular weight excluding hydrogens is 217 g/mol. The van der Waals surface area contributed by atoms with Gasteiger partial charge in [0.05, 0.1) is 13.2 Å². The van der Waals surface area contributed by atoms with Gasteiger partial charge >= 0.3 is 37.7 Å². The zero-order chi connectivity index (χ0) is 11.2. The largest absolute Gasteiger partial charge is 1.00 e. The number of allylic oxidation sites excluding steroid dienone is 2. The van der Waals surface area contributed by atoms with Crippen molar-refractivity contribution in [1.29, 1.82) is 0 Å². The Kier molecular flexibility index (Phi) is 14.9. The molecule has 7 heteroatoms. The zero-order valence-electron chi connectivity index (χ0n) is 11.1. The van der Waals surface area contributed by atoms with E-state index in [9.17, 15) is 9.67 Å². The number of rotatable bonds is 6. The van der Waals surface area contributed by atoms with Gasteiger partial charge in [-0.1, -0.05) is 0 Å². The van der Waals surface area contributed by atoms with E-state index >= 15 is 0 Å². The van der Waals surface area contributed by atoms with E-state index in [4.69, 9.17) is 9.05 Å². The van der Waals surface area contributed by atoms with Crippen molar-refractivity contribution in [2.75, 3.05) is 13.2 Å². The van der Waals surface area contributed by atoms with Crippen LogP contribution in [-0.2, 0) is 13.6 Å². The average Bonchev–Trinajstić information content (AvgIpc) is 2.16. The summed E-state index contributed by atoms with van der Waals surface area (Å²) in [5.74, 6) is -0.296. The molecule has 0 spiro atoms. The van der Waals surface area contributed by atoms with E-state index in [1.54, 1.807) is 20.8 Å². The molecule has 0 aliphatic rings. The Labute approximate surface area is 122 Å². The maximum absolute atomic E-state index is 12.0. The molecule has 0 aromatic heterocycles. The Balaban J connectivity index is -0.000000845. The van der Waals surface area contributed by atoms with Crippen LogP contribution in [0.1, 0.15) is 27.7 Å². The van der Waals surface area contributed by atoms with Crippen LogP contribution in [0.2, 0.25) is 0 Å². The summed E-state index contributed by atoms with van der Waals surface area (Å²) >= 11 is 0. The van der Waals surface area contributed by atoms with Gasteiger partial charge in [0.15, 0.2) is 0 Å². The molecule has 0 N–H and O–H groups in total. The standard InChI is InChI=1S/C9H18O4P.2Li/c1-5-9(10)8(4)14(11,12-6-2)13-7-3;;/h5,10H,6-7H2,1-4H3;;/q-1;2*+1/p-1/b9-8-;;. The van der Waals surface area contributed by atoms with E-state index in [0.717, 1.165) is 0 Å². The molecule has 4 nitrogen and oxygen atoms in total. The minimum Gasteiger partial charge on any atom is -0.899 e. The second-order valence-corrected chi connectivity index (χ2v) is 4.75. The molecule has 16 heavy (non-hydrogen) atoms. The second-order valence-electron chi connectivity index (χ2n) is 2.57. The van der Waals surface area contributed by atoms with E-state index in [1.807, 2.05) is 0 Å². The minimum absolute atomic E-state index is 0. The van der Waals surface area contributed by atoms with Crippen molar-refractivity contribution in [2.24, 2.45) is 0 Å². The summed E-state index contributed by atoms with van der Waals surface area (Å²) in [6.45, 7) is 7.00. The van der Waals surface area contributed by atoms with Crippen molar-refractivity contribution in [3.05, 3.63) is 17.5 Å². The maximum atomic E-state index is 12.0. The van der Waals surface area contributed by atoms with Crippen LogP contribution in [0.5, 0.6) is 0 Å². The molecule has 0 saturated heterocycles. The summed E-state index contributed by atoms with van der Waals surface area (Å²) in [7, 11) is -3.35. The van der Waals surface area contributed by atoms with Crippen molar-refractivity contribution >= 4 is 7.60 Å². The minimum atomic E-state index is -3.35. The summed E-state index contributed by atoms with van der Waals surface area (Å²) in [4.78, 5) is 0. The smallest absolute Gasteiger partial charge is 0.899 e. The van der Waals surface area contributed by atoms with Gasteiger partial charge in [-0.2, -0.15) is 0 Å². The first kappa shape index (κ1) is 22.0. The van der Waals surface area contributed by atoms with Gasteiger partial charge < -0.3 is 14.2 Å². The van der Waals surface area contributed by atoms with Crippen LogP contribution < -0.4 is 42.8 Å². The maximum Gasteiger partial charge on any atom is 1.00 e. The Morgan fingerprint density at radius 2 is 1.62 bits per heavy atom. The first-order valence-electron chi connectivity index (χ1n) is 4.58. The van der Waals surface area contributed by atoms with Crippen LogP contribution in [0, 0.1) is 6.42 Å². The molecule has 0 rings (SSSR count). The molecule has 0 aliphatic heterocycles. The first-order valence-corrected chi connectivity index (χ1v) is 6.13. The molecule has 0 atom stereocenters. The molecule has 0 bridgehead atoms. The van der Waals surface area contributed by atoms with Gasteiger partial charge in [0.1, 0.15) is 0 Å².